The molecule has 32 heavy (non-hydrogen) atoms. The molecule has 0 aliphatic carbocycles. The molecule has 0 spiro atoms. The number of fused-ring (bicyclic) bond motifs is 1. The summed E-state index contributed by atoms with van der Waals surface area (Å²) in [5.41, 5.74) is 2.90. The minimum Gasteiger partial charge on any atom is -0.384 e. The van der Waals surface area contributed by atoms with Crippen LogP contribution in [0.15, 0.2) is 30.3 Å². The maximum atomic E-state index is 10.9. The molecule has 0 aliphatic heterocycles. The Morgan fingerprint density at radius 2 is 1.06 bits per heavy atom. The van der Waals surface area contributed by atoms with Crippen molar-refractivity contribution in [1.29, 1.82) is 0 Å². The Hall–Kier alpha value is -1.55. The molecule has 0 radical (unpaired) electrons. The quantitative estimate of drug-likeness (QED) is 0.180. The third-order valence-electron chi connectivity index (χ3n) is 6.41. The van der Waals surface area contributed by atoms with E-state index in [4.69, 9.17) is 4.18 Å². The Labute approximate surface area is 198 Å². The van der Waals surface area contributed by atoms with Crippen LogP contribution in [-0.4, -0.2) is 8.42 Å². The van der Waals surface area contributed by atoms with Gasteiger partial charge >= 0.3 is 0 Å². The Balaban J connectivity index is 2.00. The Kier molecular flexibility index (Phi) is 13.5. The molecule has 0 saturated carbocycles. The van der Waals surface area contributed by atoms with Crippen LogP contribution in [0.5, 0.6) is 5.75 Å². The molecule has 0 amide bonds. The first kappa shape index (κ1) is 26.7. The van der Waals surface area contributed by atoms with Crippen molar-refractivity contribution in [2.45, 2.75) is 117 Å². The zero-order chi connectivity index (χ0) is 23.0. The summed E-state index contributed by atoms with van der Waals surface area (Å²) in [6, 6.07) is 10.2. The van der Waals surface area contributed by atoms with E-state index in [0.29, 0.717) is 5.75 Å². The van der Waals surface area contributed by atoms with E-state index in [-0.39, 0.29) is 0 Å². The van der Waals surface area contributed by atoms with E-state index < -0.39 is 11.0 Å². The molecule has 3 nitrogen and oxygen atoms in total. The summed E-state index contributed by atoms with van der Waals surface area (Å²) in [4.78, 5) is 0. The first-order chi connectivity index (χ1) is 15.6. The van der Waals surface area contributed by atoms with Crippen molar-refractivity contribution in [2.75, 3.05) is 0 Å². The molecule has 0 bridgehead atoms. The molecule has 2 aromatic rings. The topological polar surface area (TPSA) is 43.4 Å². The summed E-state index contributed by atoms with van der Waals surface area (Å²) in [7, 11) is -2.88. The van der Waals surface area contributed by atoms with Gasteiger partial charge in [0.05, 0.1) is 0 Å². The molecular weight excluding hydrogens is 416 g/mol. The number of aryl methyl sites for hydroxylation is 2. The lowest BCUT2D eigenvalue weighted by atomic mass is 9.93. The molecule has 0 aliphatic rings. The maximum Gasteiger partial charge on any atom is 0.299 e. The third kappa shape index (κ3) is 10.4. The summed E-state index contributed by atoms with van der Waals surface area (Å²) >= 11 is 0. The lowest BCUT2D eigenvalue weighted by Crippen LogP contribution is -1.97. The maximum absolute atomic E-state index is 10.9. The average Bonchev–Trinajstić information content (AvgIpc) is 2.77. The van der Waals surface area contributed by atoms with Crippen molar-refractivity contribution in [1.82, 2.24) is 0 Å². The summed E-state index contributed by atoms with van der Waals surface area (Å²) in [6.07, 6.45) is 20.8. The first-order valence-corrected chi connectivity index (χ1v) is 14.1. The van der Waals surface area contributed by atoms with Gasteiger partial charge in [-0.3, -0.25) is 0 Å². The first-order valence-electron chi connectivity index (χ1n) is 13.0. The summed E-state index contributed by atoms with van der Waals surface area (Å²) in [5, 5.41) is 2.24. The van der Waals surface area contributed by atoms with Crippen molar-refractivity contribution >= 4 is 21.8 Å². The largest absolute Gasteiger partial charge is 0.384 e. The van der Waals surface area contributed by atoms with Crippen LogP contribution in [0, 0.1) is 0 Å². The number of rotatable bonds is 18. The standard InChI is InChI=1S/C28H44O3S/c1-3-5-7-9-11-13-15-17-24-21-26-19-20-28(31-32(29)30)23-27(26)22-25(24)18-16-14-12-10-8-6-4-2/h19-23,32H,3-18H2,1-2H3. The lowest BCUT2D eigenvalue weighted by Gasteiger charge is -2.13. The smallest absolute Gasteiger partial charge is 0.299 e. The average molecular weight is 461 g/mol. The van der Waals surface area contributed by atoms with Crippen LogP contribution in [0.4, 0.5) is 0 Å². The van der Waals surface area contributed by atoms with Crippen molar-refractivity contribution in [3.05, 3.63) is 41.5 Å². The lowest BCUT2D eigenvalue weighted by molar-refractivity contribution is 0.511. The molecule has 0 atom stereocenters. The Morgan fingerprint density at radius 1 is 0.594 bits per heavy atom. The molecule has 0 saturated heterocycles. The second-order valence-electron chi connectivity index (χ2n) is 9.19. The highest BCUT2D eigenvalue weighted by molar-refractivity contribution is 7.67. The summed E-state index contributed by atoms with van der Waals surface area (Å²) in [6.45, 7) is 4.53. The van der Waals surface area contributed by atoms with Gasteiger partial charge in [0.15, 0.2) is 0 Å². The van der Waals surface area contributed by atoms with Gasteiger partial charge in [-0.2, -0.15) is 8.42 Å². The van der Waals surface area contributed by atoms with Crippen LogP contribution in [0.1, 0.15) is 115 Å². The highest BCUT2D eigenvalue weighted by Gasteiger charge is 2.08. The normalized spacial score (nSPS) is 11.5. The molecule has 2 rings (SSSR count). The predicted octanol–water partition coefficient (Wildman–Crippen LogP) is 8.33. The summed E-state index contributed by atoms with van der Waals surface area (Å²) < 4.78 is 26.8. The van der Waals surface area contributed by atoms with Gasteiger partial charge in [-0.25, -0.2) is 0 Å². The van der Waals surface area contributed by atoms with Crippen LogP contribution in [0.2, 0.25) is 0 Å². The highest BCUT2D eigenvalue weighted by Crippen LogP contribution is 2.27. The second kappa shape index (κ2) is 16.1. The third-order valence-corrected chi connectivity index (χ3v) is 6.77. The molecular formula is C28H44O3S. The van der Waals surface area contributed by atoms with Crippen LogP contribution in [0.3, 0.4) is 0 Å². The van der Waals surface area contributed by atoms with Gasteiger partial charge in [-0.15, -0.1) is 0 Å². The fourth-order valence-corrected chi connectivity index (χ4v) is 4.81. The molecule has 180 valence electrons. The molecule has 0 N–H and O–H groups in total. The predicted molar refractivity (Wildman–Crippen MR) is 138 cm³/mol. The van der Waals surface area contributed by atoms with E-state index in [1.807, 2.05) is 12.1 Å². The van der Waals surface area contributed by atoms with Gasteiger partial charge in [0.2, 0.25) is 0 Å². The van der Waals surface area contributed by atoms with E-state index in [0.717, 1.165) is 18.2 Å². The number of hydrogen-bond donors (Lipinski definition) is 1. The van der Waals surface area contributed by atoms with Gasteiger partial charge in [0.25, 0.3) is 11.0 Å². The molecule has 0 fully saturated rings. The molecule has 2 aromatic carbocycles. The molecule has 0 unspecified atom stereocenters. The highest BCUT2D eigenvalue weighted by atomic mass is 32.2. The number of hydrogen-bond acceptors (Lipinski definition) is 3. The zero-order valence-corrected chi connectivity index (χ0v) is 21.3. The van der Waals surface area contributed by atoms with Gasteiger partial charge in [0, 0.05) is 0 Å². The monoisotopic (exact) mass is 460 g/mol. The number of thiol groups is 1. The van der Waals surface area contributed by atoms with Crippen LogP contribution >= 0.6 is 0 Å². The van der Waals surface area contributed by atoms with E-state index in [9.17, 15) is 8.42 Å². The van der Waals surface area contributed by atoms with Crippen LogP contribution < -0.4 is 4.18 Å². The molecule has 0 aromatic heterocycles. The van der Waals surface area contributed by atoms with E-state index in [1.54, 1.807) is 6.07 Å². The molecule has 0 heterocycles. The Morgan fingerprint density at radius 3 is 1.56 bits per heavy atom. The fraction of sp³-hybridized carbons (Fsp3) is 0.643. The van der Waals surface area contributed by atoms with Gasteiger partial charge in [-0.05, 0) is 59.7 Å². The van der Waals surface area contributed by atoms with Gasteiger partial charge < -0.3 is 4.18 Å². The van der Waals surface area contributed by atoms with Crippen molar-refractivity contribution in [3.8, 4) is 5.75 Å². The Bertz CT molecular complexity index is 849. The summed E-state index contributed by atoms with van der Waals surface area (Å²) in [5.74, 6) is 0.398. The minimum atomic E-state index is -2.88. The van der Waals surface area contributed by atoms with E-state index >= 15 is 0 Å². The zero-order valence-electron chi connectivity index (χ0n) is 20.4. The van der Waals surface area contributed by atoms with E-state index in [1.165, 1.54) is 106 Å². The number of unbranched alkanes of at least 4 members (excludes halogenated alkanes) is 12. The van der Waals surface area contributed by atoms with Crippen LogP contribution in [0.25, 0.3) is 10.8 Å². The van der Waals surface area contributed by atoms with Crippen molar-refractivity contribution < 1.29 is 12.6 Å². The van der Waals surface area contributed by atoms with Crippen molar-refractivity contribution in [3.63, 3.8) is 0 Å². The molecule has 4 heteroatoms. The second-order valence-corrected chi connectivity index (χ2v) is 9.82. The van der Waals surface area contributed by atoms with Crippen molar-refractivity contribution in [2.24, 2.45) is 0 Å². The van der Waals surface area contributed by atoms with Gasteiger partial charge in [-0.1, -0.05) is 109 Å². The van der Waals surface area contributed by atoms with Crippen LogP contribution in [-0.2, 0) is 23.8 Å². The van der Waals surface area contributed by atoms with E-state index in [2.05, 4.69) is 26.0 Å². The van der Waals surface area contributed by atoms with Gasteiger partial charge in [0.1, 0.15) is 5.75 Å². The fourth-order valence-electron chi connectivity index (χ4n) is 4.52. The minimum absolute atomic E-state index is 0.398. The SMILES string of the molecule is CCCCCCCCCc1cc2ccc(O[SH](=O)=O)cc2cc1CCCCCCCCC. The number of benzene rings is 2.